The molecule has 0 radical (unpaired) electrons. The number of nitrogens with zero attached hydrogens (tertiary/aromatic N) is 2. The lowest BCUT2D eigenvalue weighted by Gasteiger charge is -2.33. The zero-order valence-corrected chi connectivity index (χ0v) is 18.0. The SMILES string of the molecule is CCN(CC)C(C(=O)NCC1CCN(Cc2cccs2)CC1)c1ccccc1. The molecule has 1 N–H and O–H groups in total. The van der Waals surface area contributed by atoms with Gasteiger partial charge in [0.05, 0.1) is 0 Å². The topological polar surface area (TPSA) is 35.6 Å². The Hall–Kier alpha value is -1.69. The fourth-order valence-corrected chi connectivity index (χ4v) is 4.81. The number of piperidine rings is 1. The minimum atomic E-state index is -0.199. The van der Waals surface area contributed by atoms with Gasteiger partial charge in [-0.3, -0.25) is 14.6 Å². The van der Waals surface area contributed by atoms with Gasteiger partial charge in [0.15, 0.2) is 0 Å². The van der Waals surface area contributed by atoms with E-state index in [0.29, 0.717) is 5.92 Å². The van der Waals surface area contributed by atoms with Crippen LogP contribution in [0.2, 0.25) is 0 Å². The first-order valence-electron chi connectivity index (χ1n) is 10.5. The molecule has 2 heterocycles. The number of likely N-dealkylation sites (tertiary alicyclic amines) is 1. The highest BCUT2D eigenvalue weighted by atomic mass is 32.1. The van der Waals surface area contributed by atoms with Gasteiger partial charge in [-0.25, -0.2) is 0 Å². The average Bonchev–Trinajstić information content (AvgIpc) is 3.25. The number of hydrogen-bond acceptors (Lipinski definition) is 4. The number of hydrogen-bond donors (Lipinski definition) is 1. The number of amides is 1. The van der Waals surface area contributed by atoms with E-state index in [1.165, 1.54) is 4.88 Å². The van der Waals surface area contributed by atoms with Crippen LogP contribution in [-0.2, 0) is 11.3 Å². The number of thiophene rings is 1. The van der Waals surface area contributed by atoms with E-state index in [9.17, 15) is 4.79 Å². The third-order valence-corrected chi connectivity index (χ3v) is 6.63. The maximum atomic E-state index is 13.1. The van der Waals surface area contributed by atoms with E-state index in [1.807, 2.05) is 29.5 Å². The highest BCUT2D eigenvalue weighted by molar-refractivity contribution is 7.09. The molecule has 1 aromatic heterocycles. The molecule has 1 fully saturated rings. The molecule has 28 heavy (non-hydrogen) atoms. The third-order valence-electron chi connectivity index (χ3n) is 5.77. The van der Waals surface area contributed by atoms with Gasteiger partial charge in [-0.1, -0.05) is 50.2 Å². The van der Waals surface area contributed by atoms with E-state index in [4.69, 9.17) is 0 Å². The summed E-state index contributed by atoms with van der Waals surface area (Å²) in [6, 6.07) is 14.3. The molecule has 1 aliphatic heterocycles. The summed E-state index contributed by atoms with van der Waals surface area (Å²) in [7, 11) is 0. The molecular formula is C23H33N3OS. The van der Waals surface area contributed by atoms with Crippen LogP contribution in [0.25, 0.3) is 0 Å². The Balaban J connectivity index is 1.50. The van der Waals surface area contributed by atoms with Gasteiger partial charge in [-0.05, 0) is 61.9 Å². The maximum absolute atomic E-state index is 13.1. The summed E-state index contributed by atoms with van der Waals surface area (Å²) in [6.07, 6.45) is 2.32. The second-order valence-corrected chi connectivity index (χ2v) is 8.61. The van der Waals surface area contributed by atoms with Crippen molar-refractivity contribution in [3.63, 3.8) is 0 Å². The number of likely N-dealkylation sites (N-methyl/N-ethyl adjacent to an activating group) is 1. The van der Waals surface area contributed by atoms with Crippen molar-refractivity contribution in [3.05, 3.63) is 58.3 Å². The molecular weight excluding hydrogens is 366 g/mol. The largest absolute Gasteiger partial charge is 0.354 e. The molecule has 1 aliphatic rings. The molecule has 1 saturated heterocycles. The molecule has 152 valence electrons. The predicted molar refractivity (Wildman–Crippen MR) is 117 cm³/mol. The highest BCUT2D eigenvalue weighted by Crippen LogP contribution is 2.23. The maximum Gasteiger partial charge on any atom is 0.241 e. The van der Waals surface area contributed by atoms with Gasteiger partial charge in [0.25, 0.3) is 0 Å². The Labute approximate surface area is 173 Å². The monoisotopic (exact) mass is 399 g/mol. The van der Waals surface area contributed by atoms with Crippen molar-refractivity contribution in [1.82, 2.24) is 15.1 Å². The van der Waals surface area contributed by atoms with Crippen LogP contribution in [0.4, 0.5) is 0 Å². The molecule has 2 aromatic rings. The van der Waals surface area contributed by atoms with Gasteiger partial charge < -0.3 is 5.32 Å². The summed E-state index contributed by atoms with van der Waals surface area (Å²) < 4.78 is 0. The minimum Gasteiger partial charge on any atom is -0.354 e. The van der Waals surface area contributed by atoms with Crippen molar-refractivity contribution in [2.45, 2.75) is 39.3 Å². The van der Waals surface area contributed by atoms with Crippen LogP contribution in [0.1, 0.15) is 43.2 Å². The lowest BCUT2D eigenvalue weighted by Crippen LogP contribution is -2.43. The van der Waals surface area contributed by atoms with Crippen LogP contribution in [0.15, 0.2) is 47.8 Å². The summed E-state index contributed by atoms with van der Waals surface area (Å²) in [5.74, 6) is 0.715. The second kappa shape index (κ2) is 10.7. The van der Waals surface area contributed by atoms with Gasteiger partial charge >= 0.3 is 0 Å². The number of rotatable bonds is 9. The molecule has 0 bridgehead atoms. The molecule has 4 nitrogen and oxygen atoms in total. The molecule has 5 heteroatoms. The van der Waals surface area contributed by atoms with Gasteiger partial charge in [-0.15, -0.1) is 11.3 Å². The zero-order valence-electron chi connectivity index (χ0n) is 17.1. The zero-order chi connectivity index (χ0) is 19.8. The fourth-order valence-electron chi connectivity index (χ4n) is 4.07. The van der Waals surface area contributed by atoms with Crippen LogP contribution in [-0.4, -0.2) is 48.4 Å². The van der Waals surface area contributed by atoms with E-state index < -0.39 is 0 Å². The van der Waals surface area contributed by atoms with Crippen molar-refractivity contribution in [2.24, 2.45) is 5.92 Å². The van der Waals surface area contributed by atoms with Gasteiger partial charge in [0, 0.05) is 18.0 Å². The Morgan fingerprint density at radius 3 is 2.46 bits per heavy atom. The molecule has 0 saturated carbocycles. The first-order valence-corrected chi connectivity index (χ1v) is 11.4. The van der Waals surface area contributed by atoms with Crippen molar-refractivity contribution >= 4 is 17.2 Å². The lowest BCUT2D eigenvalue weighted by molar-refractivity contribution is -0.126. The highest BCUT2D eigenvalue weighted by Gasteiger charge is 2.27. The Bertz CT molecular complexity index is 692. The van der Waals surface area contributed by atoms with Crippen molar-refractivity contribution in [2.75, 3.05) is 32.7 Å². The second-order valence-electron chi connectivity index (χ2n) is 7.58. The van der Waals surface area contributed by atoms with Gasteiger partial charge in [0.2, 0.25) is 5.91 Å². The summed E-state index contributed by atoms with van der Waals surface area (Å²) in [6.45, 7) is 10.1. The van der Waals surface area contributed by atoms with Crippen molar-refractivity contribution < 1.29 is 4.79 Å². The standard InChI is InChI=1S/C23H33N3OS/c1-3-26(4-2)22(20-9-6-5-7-10-20)23(27)24-17-19-12-14-25(15-13-19)18-21-11-8-16-28-21/h5-11,16,19,22H,3-4,12-15,17-18H2,1-2H3,(H,24,27). The molecule has 0 spiro atoms. The Morgan fingerprint density at radius 1 is 1.14 bits per heavy atom. The van der Waals surface area contributed by atoms with E-state index in [-0.39, 0.29) is 11.9 Å². The number of benzene rings is 1. The number of carbonyl (C=O) groups is 1. The number of nitrogens with one attached hydrogen (secondary N) is 1. The van der Waals surface area contributed by atoms with Gasteiger partial charge in [0.1, 0.15) is 6.04 Å². The number of carbonyl (C=O) groups excluding carboxylic acids is 1. The summed E-state index contributed by atoms with van der Waals surface area (Å²) >= 11 is 1.84. The molecule has 1 unspecified atom stereocenters. The molecule has 0 aliphatic carbocycles. The van der Waals surface area contributed by atoms with E-state index in [1.54, 1.807) is 0 Å². The molecule has 1 atom stereocenters. The quantitative estimate of drug-likeness (QED) is 0.688. The summed E-state index contributed by atoms with van der Waals surface area (Å²) in [4.78, 5) is 19.3. The lowest BCUT2D eigenvalue weighted by atomic mass is 9.96. The predicted octanol–water partition coefficient (Wildman–Crippen LogP) is 4.16. The molecule has 3 rings (SSSR count). The van der Waals surface area contributed by atoms with Crippen LogP contribution in [0.3, 0.4) is 0 Å². The third kappa shape index (κ3) is 5.66. The van der Waals surface area contributed by atoms with Crippen LogP contribution >= 0.6 is 11.3 Å². The summed E-state index contributed by atoms with van der Waals surface area (Å²) in [5.41, 5.74) is 1.08. The van der Waals surface area contributed by atoms with Crippen LogP contribution < -0.4 is 5.32 Å². The molecule has 1 amide bonds. The normalized spacial score (nSPS) is 17.0. The van der Waals surface area contributed by atoms with Crippen molar-refractivity contribution in [3.8, 4) is 0 Å². The van der Waals surface area contributed by atoms with E-state index in [0.717, 1.165) is 57.7 Å². The molecule has 1 aromatic carbocycles. The van der Waals surface area contributed by atoms with Gasteiger partial charge in [-0.2, -0.15) is 0 Å². The first kappa shape index (κ1) is 21.0. The summed E-state index contributed by atoms with van der Waals surface area (Å²) in [5, 5.41) is 5.41. The Kier molecular flexibility index (Phi) is 8.07. The first-order chi connectivity index (χ1) is 13.7. The van der Waals surface area contributed by atoms with Crippen LogP contribution in [0.5, 0.6) is 0 Å². The smallest absolute Gasteiger partial charge is 0.241 e. The minimum absolute atomic E-state index is 0.135. The fraction of sp³-hybridized carbons (Fsp3) is 0.522. The van der Waals surface area contributed by atoms with E-state index in [2.05, 4.69) is 58.6 Å². The Morgan fingerprint density at radius 2 is 1.86 bits per heavy atom. The van der Waals surface area contributed by atoms with E-state index >= 15 is 0 Å². The average molecular weight is 400 g/mol. The van der Waals surface area contributed by atoms with Crippen molar-refractivity contribution in [1.29, 1.82) is 0 Å². The van der Waals surface area contributed by atoms with Crippen LogP contribution in [0, 0.1) is 5.92 Å².